The Kier molecular flexibility index (Phi) is 4.41. The van der Waals surface area contributed by atoms with Gasteiger partial charge in [0.25, 0.3) is 5.91 Å². The number of hydrogen-bond acceptors (Lipinski definition) is 4. The second kappa shape index (κ2) is 6.92. The molecule has 1 spiro atoms. The fourth-order valence-electron chi connectivity index (χ4n) is 5.65. The van der Waals surface area contributed by atoms with E-state index in [2.05, 4.69) is 5.32 Å². The van der Waals surface area contributed by atoms with Crippen LogP contribution in [0.15, 0.2) is 48.5 Å². The molecule has 3 amide bonds. The summed E-state index contributed by atoms with van der Waals surface area (Å²) in [7, 11) is 0. The summed E-state index contributed by atoms with van der Waals surface area (Å²) in [5.74, 6) is -1.80. The zero-order chi connectivity index (χ0) is 21.9. The van der Waals surface area contributed by atoms with E-state index in [1.165, 1.54) is 4.90 Å². The molecule has 0 bridgehead atoms. The smallest absolute Gasteiger partial charge is 0.291 e. The summed E-state index contributed by atoms with van der Waals surface area (Å²) >= 11 is 0. The summed E-state index contributed by atoms with van der Waals surface area (Å²) < 4.78 is 0. The van der Waals surface area contributed by atoms with Gasteiger partial charge < -0.3 is 15.7 Å². The average Bonchev–Trinajstić information content (AvgIpc) is 3.34. The maximum absolute atomic E-state index is 13.6. The Labute approximate surface area is 180 Å². The molecule has 4 N–H and O–H groups in total. The summed E-state index contributed by atoms with van der Waals surface area (Å²) in [6.45, 7) is 3.83. The summed E-state index contributed by atoms with van der Waals surface area (Å²) in [6, 6.07) is 13.8. The van der Waals surface area contributed by atoms with Crippen LogP contribution in [-0.4, -0.2) is 39.8 Å². The third-order valence-corrected chi connectivity index (χ3v) is 7.25. The minimum absolute atomic E-state index is 0.174. The molecule has 2 aromatic carbocycles. The van der Waals surface area contributed by atoms with Crippen LogP contribution in [0.3, 0.4) is 0 Å². The number of quaternary nitrogens is 1. The van der Waals surface area contributed by atoms with Gasteiger partial charge in [-0.3, -0.25) is 19.3 Å². The van der Waals surface area contributed by atoms with Crippen molar-refractivity contribution in [2.24, 2.45) is 11.8 Å². The molecule has 0 radical (unpaired) electrons. The largest absolute Gasteiger partial charge is 0.508 e. The van der Waals surface area contributed by atoms with Crippen molar-refractivity contribution in [3.05, 3.63) is 59.7 Å². The summed E-state index contributed by atoms with van der Waals surface area (Å²) in [5.41, 5.74) is 1.28. The Morgan fingerprint density at radius 1 is 1.10 bits per heavy atom. The van der Waals surface area contributed by atoms with E-state index in [-0.39, 0.29) is 35.6 Å². The van der Waals surface area contributed by atoms with Gasteiger partial charge >= 0.3 is 0 Å². The van der Waals surface area contributed by atoms with Gasteiger partial charge in [-0.1, -0.05) is 37.3 Å². The first-order valence-electron chi connectivity index (χ1n) is 10.8. The van der Waals surface area contributed by atoms with Gasteiger partial charge in [-0.15, -0.1) is 0 Å². The second-order valence-electron chi connectivity index (χ2n) is 8.88. The Bertz CT molecular complexity index is 1080. The van der Waals surface area contributed by atoms with Crippen molar-refractivity contribution in [1.82, 2.24) is 4.90 Å². The molecule has 0 aromatic heterocycles. The van der Waals surface area contributed by atoms with E-state index in [1.807, 2.05) is 55.6 Å². The number of anilines is 1. The van der Waals surface area contributed by atoms with Crippen LogP contribution in [0.2, 0.25) is 0 Å². The van der Waals surface area contributed by atoms with Crippen LogP contribution >= 0.6 is 0 Å². The van der Waals surface area contributed by atoms with Crippen molar-refractivity contribution in [1.29, 1.82) is 0 Å². The van der Waals surface area contributed by atoms with Crippen LogP contribution in [0, 0.1) is 11.8 Å². The zero-order valence-corrected chi connectivity index (χ0v) is 17.5. The number of likely N-dealkylation sites (tertiary alicyclic amines) is 1. The van der Waals surface area contributed by atoms with Gasteiger partial charge in [-0.2, -0.15) is 0 Å². The molecule has 0 aliphatic carbocycles. The highest BCUT2D eigenvalue weighted by atomic mass is 16.3. The molecule has 160 valence electrons. The maximum Gasteiger partial charge on any atom is 0.291 e. The van der Waals surface area contributed by atoms with Gasteiger partial charge in [0.15, 0.2) is 0 Å². The molecular formula is C24H26N3O4+. The van der Waals surface area contributed by atoms with E-state index in [4.69, 9.17) is 0 Å². The van der Waals surface area contributed by atoms with Crippen molar-refractivity contribution in [2.75, 3.05) is 5.32 Å². The predicted molar refractivity (Wildman–Crippen MR) is 113 cm³/mol. The molecule has 2 saturated heterocycles. The van der Waals surface area contributed by atoms with E-state index in [1.54, 1.807) is 12.1 Å². The number of carbonyl (C=O) groups excluding carboxylic acids is 3. The van der Waals surface area contributed by atoms with Crippen LogP contribution in [0.5, 0.6) is 5.75 Å². The summed E-state index contributed by atoms with van der Waals surface area (Å²) in [4.78, 5) is 41.9. The van der Waals surface area contributed by atoms with Crippen molar-refractivity contribution >= 4 is 23.4 Å². The number of nitrogens with one attached hydrogen (secondary N) is 1. The predicted octanol–water partition coefficient (Wildman–Crippen LogP) is 1.13. The molecule has 0 unspecified atom stereocenters. The fraction of sp³-hybridized carbons (Fsp3) is 0.375. The van der Waals surface area contributed by atoms with Gasteiger partial charge in [0.05, 0.1) is 5.69 Å². The van der Waals surface area contributed by atoms with Crippen molar-refractivity contribution < 1.29 is 24.8 Å². The topological polar surface area (TPSA) is 103 Å². The molecule has 0 saturated carbocycles. The number of hydrogen-bond donors (Lipinski definition) is 3. The molecule has 31 heavy (non-hydrogen) atoms. The highest BCUT2D eigenvalue weighted by Gasteiger charge is 2.74. The zero-order valence-electron chi connectivity index (χ0n) is 17.5. The number of amides is 3. The molecular weight excluding hydrogens is 394 g/mol. The van der Waals surface area contributed by atoms with Crippen LogP contribution < -0.4 is 10.6 Å². The van der Waals surface area contributed by atoms with Crippen molar-refractivity contribution in [2.45, 2.75) is 44.3 Å². The SMILES string of the molecule is CC[C@H](C)N1C(=O)[C@H]2[C@@H](C1=O)[C@@]1([NH2+][C@@H]2Cc2ccc(O)cc2)C(=O)Nc2ccccc21. The highest BCUT2D eigenvalue weighted by molar-refractivity contribution is 6.14. The monoisotopic (exact) mass is 420 g/mol. The van der Waals surface area contributed by atoms with Crippen molar-refractivity contribution in [3.63, 3.8) is 0 Å². The first-order chi connectivity index (χ1) is 14.9. The number of nitrogens with zero attached hydrogens (tertiary/aromatic N) is 1. The third kappa shape index (κ3) is 2.66. The number of aromatic hydroxyl groups is 1. The van der Waals surface area contributed by atoms with Crippen LogP contribution in [0.4, 0.5) is 5.69 Å². The summed E-state index contributed by atoms with van der Waals surface area (Å²) in [5, 5.41) is 14.5. The van der Waals surface area contributed by atoms with Gasteiger partial charge in [0, 0.05) is 18.0 Å². The molecule has 2 fully saturated rings. The minimum atomic E-state index is -1.14. The molecule has 7 nitrogen and oxygen atoms in total. The lowest BCUT2D eigenvalue weighted by atomic mass is 9.76. The lowest BCUT2D eigenvalue weighted by Gasteiger charge is -2.28. The van der Waals surface area contributed by atoms with Crippen LogP contribution in [-0.2, 0) is 26.3 Å². The van der Waals surface area contributed by atoms with Gasteiger partial charge in [0.1, 0.15) is 23.6 Å². The van der Waals surface area contributed by atoms with Crippen LogP contribution in [0.1, 0.15) is 31.4 Å². The number of rotatable bonds is 4. The number of benzene rings is 2. The van der Waals surface area contributed by atoms with Crippen molar-refractivity contribution in [3.8, 4) is 5.75 Å². The van der Waals surface area contributed by atoms with Crippen LogP contribution in [0.25, 0.3) is 0 Å². The van der Waals surface area contributed by atoms with E-state index in [0.717, 1.165) is 11.1 Å². The molecule has 3 aliphatic rings. The average molecular weight is 420 g/mol. The number of carbonyl (C=O) groups is 3. The minimum Gasteiger partial charge on any atom is -0.508 e. The molecule has 3 heterocycles. The molecule has 5 rings (SSSR count). The van der Waals surface area contributed by atoms with Gasteiger partial charge in [-0.25, -0.2) is 0 Å². The fourth-order valence-corrected chi connectivity index (χ4v) is 5.65. The number of fused-ring (bicyclic) bond motifs is 4. The van der Waals surface area contributed by atoms with Gasteiger partial charge in [0.2, 0.25) is 17.4 Å². The Balaban J connectivity index is 1.62. The Morgan fingerprint density at radius 2 is 1.81 bits per heavy atom. The van der Waals surface area contributed by atoms with E-state index < -0.39 is 17.4 Å². The van der Waals surface area contributed by atoms with E-state index in [0.29, 0.717) is 18.5 Å². The Hall–Kier alpha value is -3.19. The second-order valence-corrected chi connectivity index (χ2v) is 8.88. The molecule has 7 heteroatoms. The van der Waals surface area contributed by atoms with E-state index in [9.17, 15) is 19.5 Å². The number of imide groups is 1. The first kappa shape index (κ1) is 19.8. The molecule has 5 atom stereocenters. The number of phenols is 1. The Morgan fingerprint density at radius 3 is 2.52 bits per heavy atom. The molecule has 2 aromatic rings. The summed E-state index contributed by atoms with van der Waals surface area (Å²) in [6.07, 6.45) is 1.19. The standard InChI is InChI=1S/C24H25N3O4/c1-3-13(2)27-21(29)19-18(12-14-8-10-15(28)11-9-14)26-24(20(19)22(27)30)16-6-4-5-7-17(16)25-23(24)31/h4-11,13,18-20,26,28H,3,12H2,1-2H3,(H,25,31)/p+1/t13-,18+,19+,20-,24+/m0/s1. The molecule has 3 aliphatic heterocycles. The lowest BCUT2D eigenvalue weighted by Crippen LogP contribution is -2.99. The highest BCUT2D eigenvalue weighted by Crippen LogP contribution is 2.49. The first-order valence-corrected chi connectivity index (χ1v) is 10.8. The third-order valence-electron chi connectivity index (χ3n) is 7.25. The quantitative estimate of drug-likeness (QED) is 0.645. The van der Waals surface area contributed by atoms with Gasteiger partial charge in [-0.05, 0) is 37.1 Å². The lowest BCUT2D eigenvalue weighted by molar-refractivity contribution is -0.733. The number of phenolic OH excluding ortho intramolecular Hbond substituents is 1. The number of para-hydroxylation sites is 1. The number of nitrogens with two attached hydrogens (primary N) is 1. The van der Waals surface area contributed by atoms with E-state index >= 15 is 0 Å². The normalized spacial score (nSPS) is 29.9. The maximum atomic E-state index is 13.6.